The quantitative estimate of drug-likeness (QED) is 0.737. The van der Waals surface area contributed by atoms with E-state index in [1.807, 2.05) is 4.90 Å². The van der Waals surface area contributed by atoms with Gasteiger partial charge in [-0.25, -0.2) is 0 Å². The van der Waals surface area contributed by atoms with Gasteiger partial charge in [-0.15, -0.1) is 0 Å². The lowest BCUT2D eigenvalue weighted by Crippen LogP contribution is -3.17. The third-order valence-electron chi connectivity index (χ3n) is 6.70. The van der Waals surface area contributed by atoms with Crippen molar-refractivity contribution in [3.63, 3.8) is 0 Å². The summed E-state index contributed by atoms with van der Waals surface area (Å²) in [6.07, 6.45) is 7.37. The van der Waals surface area contributed by atoms with Gasteiger partial charge in [-0.2, -0.15) is 0 Å². The summed E-state index contributed by atoms with van der Waals surface area (Å²) in [4.78, 5) is 1.93. The number of piperidine rings is 1. The van der Waals surface area contributed by atoms with E-state index in [0.29, 0.717) is 0 Å². The number of hydrogen-bond acceptors (Lipinski definition) is 1. The van der Waals surface area contributed by atoms with Crippen molar-refractivity contribution >= 4 is 5.69 Å². The summed E-state index contributed by atoms with van der Waals surface area (Å²) < 4.78 is 0. The molecule has 2 nitrogen and oxygen atoms in total. The molecule has 106 valence electrons. The Morgan fingerprint density at radius 1 is 1.05 bits per heavy atom. The highest BCUT2D eigenvalue weighted by molar-refractivity contribution is 5.59. The second kappa shape index (κ2) is 4.24. The molecule has 0 aromatic heterocycles. The van der Waals surface area contributed by atoms with Gasteiger partial charge in [-0.1, -0.05) is 31.0 Å². The predicted molar refractivity (Wildman–Crippen MR) is 81.1 cm³/mol. The minimum Gasteiger partial charge on any atom is -0.376 e. The van der Waals surface area contributed by atoms with Gasteiger partial charge in [0.1, 0.15) is 6.04 Å². The smallest absolute Gasteiger partial charge is 0.112 e. The molecule has 0 radical (unpaired) electrons. The molecule has 3 aliphatic heterocycles. The number of fused-ring (bicyclic) bond motifs is 7. The normalized spacial score (nSPS) is 45.0. The van der Waals surface area contributed by atoms with Gasteiger partial charge in [-0.3, -0.25) is 0 Å². The summed E-state index contributed by atoms with van der Waals surface area (Å²) in [6, 6.07) is 10.7. The molecule has 4 aliphatic rings. The zero-order valence-electron chi connectivity index (χ0n) is 12.1. The van der Waals surface area contributed by atoms with Gasteiger partial charge in [0.15, 0.2) is 0 Å². The number of rotatable bonds is 0. The van der Waals surface area contributed by atoms with Crippen molar-refractivity contribution in [3.8, 4) is 0 Å². The van der Waals surface area contributed by atoms with Crippen LogP contribution in [0.2, 0.25) is 0 Å². The Kier molecular flexibility index (Phi) is 2.46. The molecule has 20 heavy (non-hydrogen) atoms. The van der Waals surface area contributed by atoms with Gasteiger partial charge in [-0.05, 0) is 24.5 Å². The molecule has 2 saturated heterocycles. The minimum absolute atomic E-state index is 0.726. The van der Waals surface area contributed by atoms with Gasteiger partial charge in [0, 0.05) is 29.9 Å². The van der Waals surface area contributed by atoms with Crippen LogP contribution in [-0.2, 0) is 0 Å². The Morgan fingerprint density at radius 2 is 1.95 bits per heavy atom. The van der Waals surface area contributed by atoms with Gasteiger partial charge in [0.2, 0.25) is 0 Å². The van der Waals surface area contributed by atoms with E-state index in [2.05, 4.69) is 29.6 Å². The third kappa shape index (κ3) is 1.49. The highest BCUT2D eigenvalue weighted by Gasteiger charge is 2.55. The molecule has 0 bridgehead atoms. The maximum absolute atomic E-state index is 3.92. The molecule has 1 aliphatic carbocycles. The molecule has 3 heterocycles. The Hall–Kier alpha value is -1.02. The largest absolute Gasteiger partial charge is 0.376 e. The van der Waals surface area contributed by atoms with Crippen molar-refractivity contribution in [2.75, 3.05) is 18.4 Å². The lowest BCUT2D eigenvalue weighted by atomic mass is 9.73. The predicted octanol–water partition coefficient (Wildman–Crippen LogP) is 2.04. The molecular weight excluding hydrogens is 244 g/mol. The SMILES string of the molecule is c1ccc2c(c1)N[C@H]1[C@H]3[C@H]4CCCC[C@H]4C[NH+]3CC[C@H]21. The fraction of sp³-hybridized carbons (Fsp3) is 0.667. The van der Waals surface area contributed by atoms with E-state index in [4.69, 9.17) is 0 Å². The molecule has 1 aromatic rings. The summed E-state index contributed by atoms with van der Waals surface area (Å²) in [7, 11) is 0. The van der Waals surface area contributed by atoms with E-state index in [-0.39, 0.29) is 0 Å². The van der Waals surface area contributed by atoms with Crippen LogP contribution in [0.1, 0.15) is 43.6 Å². The molecule has 0 amide bonds. The van der Waals surface area contributed by atoms with E-state index in [1.54, 1.807) is 5.56 Å². The van der Waals surface area contributed by atoms with Gasteiger partial charge in [0.25, 0.3) is 0 Å². The number of anilines is 1. The van der Waals surface area contributed by atoms with Gasteiger partial charge >= 0.3 is 0 Å². The number of nitrogens with one attached hydrogen (secondary N) is 2. The molecular formula is C18H25N2+. The van der Waals surface area contributed by atoms with Crippen LogP contribution in [0.4, 0.5) is 5.69 Å². The van der Waals surface area contributed by atoms with Crippen molar-refractivity contribution < 1.29 is 4.90 Å². The summed E-state index contributed by atoms with van der Waals surface area (Å²) in [5, 5.41) is 3.92. The highest BCUT2D eigenvalue weighted by Crippen LogP contribution is 2.45. The fourth-order valence-electron chi connectivity index (χ4n) is 5.97. The van der Waals surface area contributed by atoms with Crippen LogP contribution in [-0.4, -0.2) is 25.2 Å². The van der Waals surface area contributed by atoms with E-state index >= 15 is 0 Å². The van der Waals surface area contributed by atoms with Crippen LogP contribution in [0.15, 0.2) is 24.3 Å². The number of quaternary nitrogens is 1. The van der Waals surface area contributed by atoms with Crippen molar-refractivity contribution in [1.29, 1.82) is 0 Å². The van der Waals surface area contributed by atoms with E-state index in [1.165, 1.54) is 50.9 Å². The highest BCUT2D eigenvalue weighted by atomic mass is 15.2. The number of para-hydroxylation sites is 1. The summed E-state index contributed by atoms with van der Waals surface area (Å²) >= 11 is 0. The Morgan fingerprint density at radius 3 is 2.95 bits per heavy atom. The van der Waals surface area contributed by atoms with E-state index < -0.39 is 0 Å². The maximum Gasteiger partial charge on any atom is 0.112 e. The Labute approximate surface area is 121 Å². The van der Waals surface area contributed by atoms with Crippen LogP contribution in [0.25, 0.3) is 0 Å². The second-order valence-corrected chi connectivity index (χ2v) is 7.50. The van der Waals surface area contributed by atoms with Crippen LogP contribution < -0.4 is 10.2 Å². The van der Waals surface area contributed by atoms with E-state index in [0.717, 1.165) is 29.8 Å². The Bertz CT molecular complexity index is 526. The van der Waals surface area contributed by atoms with E-state index in [9.17, 15) is 0 Å². The fourth-order valence-corrected chi connectivity index (χ4v) is 5.97. The average Bonchev–Trinajstić information content (AvgIpc) is 3.04. The average molecular weight is 269 g/mol. The summed E-state index contributed by atoms with van der Waals surface area (Å²) in [6.45, 7) is 2.88. The molecule has 6 atom stereocenters. The molecule has 1 saturated carbocycles. The van der Waals surface area contributed by atoms with Crippen molar-refractivity contribution in [1.82, 2.24) is 0 Å². The van der Waals surface area contributed by atoms with Crippen molar-refractivity contribution in [2.24, 2.45) is 11.8 Å². The van der Waals surface area contributed by atoms with Crippen LogP contribution in [0.3, 0.4) is 0 Å². The molecule has 2 N–H and O–H groups in total. The first-order valence-electron chi connectivity index (χ1n) is 8.62. The van der Waals surface area contributed by atoms with Crippen LogP contribution in [0, 0.1) is 11.8 Å². The number of benzene rings is 1. The lowest BCUT2D eigenvalue weighted by molar-refractivity contribution is -0.921. The molecule has 2 heteroatoms. The molecule has 1 unspecified atom stereocenters. The Balaban J connectivity index is 1.51. The standard InChI is InChI=1S/C18H24N2/c1-2-6-13-12(5-1)11-20-10-9-15-14-7-3-4-8-16(14)19-17(15)18(13)20/h3-4,7-8,12-13,15,17-19H,1-2,5-6,9-11H2/p+1/t12-,13-,15+,17+,18+/m0/s1. The number of hydrogen-bond donors (Lipinski definition) is 2. The van der Waals surface area contributed by atoms with Crippen LogP contribution in [0.5, 0.6) is 0 Å². The minimum atomic E-state index is 0.726. The van der Waals surface area contributed by atoms with Gasteiger partial charge < -0.3 is 10.2 Å². The van der Waals surface area contributed by atoms with Gasteiger partial charge in [0.05, 0.1) is 19.1 Å². The van der Waals surface area contributed by atoms with Crippen LogP contribution >= 0.6 is 0 Å². The zero-order valence-corrected chi connectivity index (χ0v) is 12.1. The summed E-state index contributed by atoms with van der Waals surface area (Å²) in [5.74, 6) is 2.84. The topological polar surface area (TPSA) is 16.5 Å². The first-order chi connectivity index (χ1) is 9.92. The summed E-state index contributed by atoms with van der Waals surface area (Å²) in [5.41, 5.74) is 3.04. The zero-order chi connectivity index (χ0) is 13.1. The second-order valence-electron chi connectivity index (χ2n) is 7.50. The molecule has 1 aromatic carbocycles. The monoisotopic (exact) mass is 269 g/mol. The first-order valence-corrected chi connectivity index (χ1v) is 8.62. The molecule has 3 fully saturated rings. The maximum atomic E-state index is 3.92. The third-order valence-corrected chi connectivity index (χ3v) is 6.70. The van der Waals surface area contributed by atoms with Crippen molar-refractivity contribution in [2.45, 2.75) is 50.1 Å². The first kappa shape index (κ1) is 11.6. The molecule has 0 spiro atoms. The lowest BCUT2D eigenvalue weighted by Gasteiger charge is -2.39. The molecule has 5 rings (SSSR count). The van der Waals surface area contributed by atoms with Crippen molar-refractivity contribution in [3.05, 3.63) is 29.8 Å².